The number of aromatic nitrogens is 3. The fraction of sp³-hybridized carbons (Fsp3) is 0.238. The van der Waals surface area contributed by atoms with Crippen molar-refractivity contribution in [2.45, 2.75) is 32.5 Å². The normalized spacial score (nSPS) is 11.8. The van der Waals surface area contributed by atoms with Gasteiger partial charge in [-0.1, -0.05) is 42.5 Å². The molecule has 0 aliphatic heterocycles. The third kappa shape index (κ3) is 4.53. The fourth-order valence-corrected chi connectivity index (χ4v) is 3.37. The van der Waals surface area contributed by atoms with Crippen LogP contribution in [0.5, 0.6) is 0 Å². The first-order valence-electron chi connectivity index (χ1n) is 9.74. The van der Waals surface area contributed by atoms with Gasteiger partial charge in [-0.2, -0.15) is 0 Å². The summed E-state index contributed by atoms with van der Waals surface area (Å²) in [5.74, 6) is -1.38. The topological polar surface area (TPSA) is 147 Å². The summed E-state index contributed by atoms with van der Waals surface area (Å²) in [6.07, 6.45) is -0.120. The van der Waals surface area contributed by atoms with Gasteiger partial charge in [0.1, 0.15) is 6.04 Å². The lowest BCUT2D eigenvalue weighted by molar-refractivity contribution is -0.141. The first kappa shape index (κ1) is 22.7. The predicted molar refractivity (Wildman–Crippen MR) is 113 cm³/mol. The predicted octanol–water partition coefficient (Wildman–Crippen LogP) is 0.693. The third-order valence-electron chi connectivity index (χ3n) is 5.03. The van der Waals surface area contributed by atoms with Crippen molar-refractivity contribution < 1.29 is 20.3 Å². The summed E-state index contributed by atoms with van der Waals surface area (Å²) >= 11 is 0. The molecule has 3 rings (SSSR count). The van der Waals surface area contributed by atoms with Crippen molar-refractivity contribution in [3.8, 4) is 0 Å². The van der Waals surface area contributed by atoms with E-state index in [1.165, 1.54) is 24.3 Å². The standard InChI is InChI=1S/C21H22N4O7/c1-2-22-19(28)23(13-15-8-10-16(11-9-15)25(31)32)21(30)24(20(22)29)17(18(26)27)12-14-6-4-3-5-7-14/h3-11,17,31-32H,2,12-13H2,1H3,(H,26,27)/t17-/m0/s1. The highest BCUT2D eigenvalue weighted by atomic mass is 16.8. The van der Waals surface area contributed by atoms with Crippen molar-refractivity contribution >= 4 is 11.7 Å². The lowest BCUT2D eigenvalue weighted by atomic mass is 10.1. The Kier molecular flexibility index (Phi) is 6.71. The monoisotopic (exact) mass is 442 g/mol. The van der Waals surface area contributed by atoms with Gasteiger partial charge in [0.25, 0.3) is 0 Å². The quantitative estimate of drug-likeness (QED) is 0.432. The summed E-state index contributed by atoms with van der Waals surface area (Å²) in [6, 6.07) is 12.7. The number of hydrogen-bond acceptors (Lipinski definition) is 7. The van der Waals surface area contributed by atoms with Crippen LogP contribution in [0.2, 0.25) is 0 Å². The molecular formula is C21H22N4O7. The van der Waals surface area contributed by atoms with Gasteiger partial charge in [-0.15, -0.1) is 5.23 Å². The summed E-state index contributed by atoms with van der Waals surface area (Å²) < 4.78 is 2.19. The molecule has 0 amide bonds. The maximum atomic E-state index is 13.2. The molecule has 3 aromatic rings. The van der Waals surface area contributed by atoms with Crippen LogP contribution in [-0.4, -0.2) is 35.2 Å². The van der Waals surface area contributed by atoms with E-state index in [1.54, 1.807) is 37.3 Å². The molecule has 0 saturated heterocycles. The largest absolute Gasteiger partial charge is 0.480 e. The van der Waals surface area contributed by atoms with Crippen LogP contribution < -0.4 is 22.3 Å². The molecule has 1 aromatic heterocycles. The van der Waals surface area contributed by atoms with E-state index in [4.69, 9.17) is 10.4 Å². The zero-order valence-corrected chi connectivity index (χ0v) is 17.2. The molecule has 11 heteroatoms. The molecule has 0 aliphatic carbocycles. The maximum absolute atomic E-state index is 13.2. The number of carboxylic acid groups (broad SMARTS) is 1. The molecule has 0 bridgehead atoms. The smallest absolute Gasteiger partial charge is 0.337 e. The number of aliphatic carboxylic acids is 1. The van der Waals surface area contributed by atoms with Gasteiger partial charge in [-0.25, -0.2) is 32.9 Å². The van der Waals surface area contributed by atoms with Crippen LogP contribution in [0.1, 0.15) is 24.1 Å². The van der Waals surface area contributed by atoms with E-state index >= 15 is 0 Å². The molecule has 32 heavy (non-hydrogen) atoms. The van der Waals surface area contributed by atoms with E-state index in [9.17, 15) is 24.3 Å². The summed E-state index contributed by atoms with van der Waals surface area (Å²) in [4.78, 5) is 50.9. The minimum Gasteiger partial charge on any atom is -0.480 e. The molecule has 0 spiro atoms. The third-order valence-corrected chi connectivity index (χ3v) is 5.03. The van der Waals surface area contributed by atoms with E-state index in [0.29, 0.717) is 15.7 Å². The van der Waals surface area contributed by atoms with E-state index in [2.05, 4.69) is 0 Å². The van der Waals surface area contributed by atoms with E-state index < -0.39 is 29.1 Å². The van der Waals surface area contributed by atoms with Gasteiger partial charge in [0.2, 0.25) is 0 Å². The van der Waals surface area contributed by atoms with Crippen molar-refractivity contribution in [3.63, 3.8) is 0 Å². The van der Waals surface area contributed by atoms with Crippen LogP contribution in [0.3, 0.4) is 0 Å². The number of anilines is 1. The number of nitrogens with zero attached hydrogens (tertiary/aromatic N) is 4. The second-order valence-corrected chi connectivity index (χ2v) is 7.05. The molecule has 1 heterocycles. The number of carbonyl (C=O) groups is 1. The Balaban J connectivity index is 2.14. The van der Waals surface area contributed by atoms with Gasteiger partial charge in [-0.3, -0.25) is 10.4 Å². The summed E-state index contributed by atoms with van der Waals surface area (Å²) in [5.41, 5.74) is -1.77. The first-order chi connectivity index (χ1) is 15.2. The van der Waals surface area contributed by atoms with E-state index in [0.717, 1.165) is 9.13 Å². The van der Waals surface area contributed by atoms with Gasteiger partial charge >= 0.3 is 23.0 Å². The minimum absolute atomic E-state index is 0.0570. The highest BCUT2D eigenvalue weighted by Crippen LogP contribution is 2.13. The van der Waals surface area contributed by atoms with Crippen LogP contribution in [0.15, 0.2) is 69.0 Å². The lowest BCUT2D eigenvalue weighted by Gasteiger charge is -2.18. The highest BCUT2D eigenvalue weighted by molar-refractivity contribution is 5.72. The molecule has 0 saturated carbocycles. The molecule has 0 fully saturated rings. The van der Waals surface area contributed by atoms with Gasteiger partial charge in [0.05, 0.1) is 12.2 Å². The summed E-state index contributed by atoms with van der Waals surface area (Å²) in [5, 5.41) is 27.8. The van der Waals surface area contributed by atoms with Crippen LogP contribution in [0, 0.1) is 0 Å². The molecular weight excluding hydrogens is 420 g/mol. The molecule has 0 unspecified atom stereocenters. The van der Waals surface area contributed by atoms with Crippen molar-refractivity contribution in [3.05, 3.63) is 97.2 Å². The first-order valence-corrected chi connectivity index (χ1v) is 9.74. The fourth-order valence-electron chi connectivity index (χ4n) is 3.37. The Hall–Kier alpha value is -3.96. The van der Waals surface area contributed by atoms with Crippen molar-refractivity contribution in [1.82, 2.24) is 13.7 Å². The van der Waals surface area contributed by atoms with Gasteiger partial charge in [0, 0.05) is 13.0 Å². The average Bonchev–Trinajstić information content (AvgIpc) is 2.77. The molecule has 0 radical (unpaired) electrons. The molecule has 1 atom stereocenters. The van der Waals surface area contributed by atoms with Crippen LogP contribution in [0.4, 0.5) is 5.69 Å². The second kappa shape index (κ2) is 9.45. The van der Waals surface area contributed by atoms with Crippen molar-refractivity contribution in [2.24, 2.45) is 0 Å². The molecule has 3 N–H and O–H groups in total. The number of rotatable bonds is 8. The van der Waals surface area contributed by atoms with Crippen LogP contribution >= 0.6 is 0 Å². The number of benzene rings is 2. The maximum Gasteiger partial charge on any atom is 0.337 e. The second-order valence-electron chi connectivity index (χ2n) is 7.05. The lowest BCUT2D eigenvalue weighted by Crippen LogP contribution is -2.56. The Morgan fingerprint density at radius 1 is 0.875 bits per heavy atom. The summed E-state index contributed by atoms with van der Waals surface area (Å²) in [7, 11) is 0. The zero-order valence-electron chi connectivity index (χ0n) is 17.2. The van der Waals surface area contributed by atoms with Crippen LogP contribution in [0.25, 0.3) is 0 Å². The zero-order chi connectivity index (χ0) is 23.4. The van der Waals surface area contributed by atoms with Gasteiger partial charge in [0.15, 0.2) is 0 Å². The van der Waals surface area contributed by atoms with Crippen molar-refractivity contribution in [1.29, 1.82) is 0 Å². The Bertz CT molecular complexity index is 1270. The van der Waals surface area contributed by atoms with Crippen LogP contribution in [-0.2, 0) is 24.3 Å². The van der Waals surface area contributed by atoms with Crippen molar-refractivity contribution in [2.75, 3.05) is 5.23 Å². The number of carboxylic acids is 1. The summed E-state index contributed by atoms with van der Waals surface area (Å²) in [6.45, 7) is 1.24. The minimum atomic E-state index is -1.51. The van der Waals surface area contributed by atoms with E-state index in [-0.39, 0.29) is 30.4 Å². The average molecular weight is 442 g/mol. The van der Waals surface area contributed by atoms with E-state index in [1.807, 2.05) is 0 Å². The molecule has 168 valence electrons. The Labute approximate surface area is 181 Å². The Morgan fingerprint density at radius 2 is 1.47 bits per heavy atom. The molecule has 11 nitrogen and oxygen atoms in total. The highest BCUT2D eigenvalue weighted by Gasteiger charge is 2.27. The van der Waals surface area contributed by atoms with Gasteiger partial charge in [-0.05, 0) is 30.2 Å². The SMILES string of the molecule is CCn1c(=O)n(Cc2ccc(N(O)O)cc2)c(=O)n([C@@H](Cc2ccccc2)C(=O)O)c1=O. The molecule has 2 aromatic carbocycles. The van der Waals surface area contributed by atoms with Gasteiger partial charge < -0.3 is 5.11 Å². The molecule has 0 aliphatic rings. The number of hydrogen-bond donors (Lipinski definition) is 3. The Morgan fingerprint density at radius 3 is 2.00 bits per heavy atom.